The lowest BCUT2D eigenvalue weighted by Gasteiger charge is -2.14. The van der Waals surface area contributed by atoms with E-state index in [1.54, 1.807) is 0 Å². The first kappa shape index (κ1) is 16.0. The molecule has 0 fully saturated rings. The molecule has 0 radical (unpaired) electrons. The maximum Gasteiger partial charge on any atom is 0.419 e. The van der Waals surface area contributed by atoms with E-state index in [-0.39, 0.29) is 0 Å². The summed E-state index contributed by atoms with van der Waals surface area (Å²) in [4.78, 5) is 0.573. The molecule has 0 nitrogen and oxygen atoms in total. The molecule has 108 valence electrons. The zero-order chi connectivity index (χ0) is 15.1. The predicted octanol–water partition coefficient (Wildman–Crippen LogP) is 6.46. The highest BCUT2D eigenvalue weighted by Crippen LogP contribution is 2.40. The molecule has 0 aliphatic rings. The molecule has 1 heterocycles. The second kappa shape index (κ2) is 5.77. The summed E-state index contributed by atoms with van der Waals surface area (Å²) in [5, 5.41) is 0. The third-order valence-electron chi connectivity index (χ3n) is 2.79. The fourth-order valence-corrected chi connectivity index (χ4v) is 4.47. The number of hydrogen-bond donors (Lipinski definition) is 0. The van der Waals surface area contributed by atoms with Crippen LogP contribution in [0.2, 0.25) is 0 Å². The molecule has 0 bridgehead atoms. The van der Waals surface area contributed by atoms with Gasteiger partial charge in [0.25, 0.3) is 0 Å². The molecule has 0 aliphatic carbocycles. The van der Waals surface area contributed by atoms with Crippen LogP contribution in [0.1, 0.15) is 26.4 Å². The van der Waals surface area contributed by atoms with Crippen LogP contribution in [0, 0.1) is 12.7 Å². The molecule has 1 unspecified atom stereocenters. The molecule has 1 atom stereocenters. The van der Waals surface area contributed by atoms with E-state index in [4.69, 9.17) is 0 Å². The van der Waals surface area contributed by atoms with Gasteiger partial charge in [-0.2, -0.15) is 13.2 Å². The first-order chi connectivity index (χ1) is 9.20. The number of hydrogen-bond acceptors (Lipinski definition) is 1. The number of thiophene rings is 1. The molecule has 2 aromatic rings. The molecule has 0 saturated carbocycles. The van der Waals surface area contributed by atoms with Crippen molar-refractivity contribution in [2.24, 2.45) is 0 Å². The van der Waals surface area contributed by atoms with Gasteiger partial charge in [-0.25, -0.2) is 4.39 Å². The van der Waals surface area contributed by atoms with Crippen molar-refractivity contribution in [3.8, 4) is 0 Å². The lowest BCUT2D eigenvalue weighted by molar-refractivity contribution is -0.140. The van der Waals surface area contributed by atoms with Crippen LogP contribution in [0.3, 0.4) is 0 Å². The van der Waals surface area contributed by atoms with Crippen LogP contribution in [0.25, 0.3) is 0 Å². The Morgan fingerprint density at radius 2 is 1.85 bits per heavy atom. The predicted molar refractivity (Wildman–Crippen MR) is 78.9 cm³/mol. The van der Waals surface area contributed by atoms with Gasteiger partial charge in [-0.15, -0.1) is 11.3 Å². The SMILES string of the molecule is Cc1sc(Br)cc1C(Br)c1ccc(F)c(C(F)(F)F)c1. The first-order valence-electron chi connectivity index (χ1n) is 5.46. The molecule has 0 N–H and O–H groups in total. The quantitative estimate of drug-likeness (QED) is 0.378. The lowest BCUT2D eigenvalue weighted by atomic mass is 10.0. The minimum absolute atomic E-state index is 0.368. The van der Waals surface area contributed by atoms with Crippen LogP contribution < -0.4 is 0 Å². The molecule has 7 heteroatoms. The maximum absolute atomic E-state index is 13.3. The Kier molecular flexibility index (Phi) is 4.61. The Morgan fingerprint density at radius 1 is 1.20 bits per heavy atom. The van der Waals surface area contributed by atoms with E-state index >= 15 is 0 Å². The van der Waals surface area contributed by atoms with E-state index in [1.807, 2.05) is 13.0 Å². The van der Waals surface area contributed by atoms with E-state index in [0.717, 1.165) is 26.4 Å². The summed E-state index contributed by atoms with van der Waals surface area (Å²) < 4.78 is 52.3. The van der Waals surface area contributed by atoms with Crippen LogP contribution >= 0.6 is 43.2 Å². The average Bonchev–Trinajstić information content (AvgIpc) is 2.66. The number of halogens is 6. The summed E-state index contributed by atoms with van der Waals surface area (Å²) in [6.45, 7) is 1.88. The van der Waals surface area contributed by atoms with Gasteiger partial charge in [0.2, 0.25) is 0 Å². The number of alkyl halides is 4. The zero-order valence-corrected chi connectivity index (χ0v) is 14.1. The lowest BCUT2D eigenvalue weighted by Crippen LogP contribution is -2.09. The van der Waals surface area contributed by atoms with Crippen molar-refractivity contribution in [3.05, 3.63) is 55.4 Å². The Labute approximate surface area is 134 Å². The van der Waals surface area contributed by atoms with Crippen LogP contribution in [0.15, 0.2) is 28.1 Å². The van der Waals surface area contributed by atoms with E-state index in [2.05, 4.69) is 31.9 Å². The van der Waals surface area contributed by atoms with Crippen LogP contribution in [-0.2, 0) is 6.18 Å². The van der Waals surface area contributed by atoms with Gasteiger partial charge < -0.3 is 0 Å². The van der Waals surface area contributed by atoms with Gasteiger partial charge in [0.1, 0.15) is 5.82 Å². The molecular formula is C13H8Br2F4S. The van der Waals surface area contributed by atoms with Crippen molar-refractivity contribution in [1.82, 2.24) is 0 Å². The summed E-state index contributed by atoms with van der Waals surface area (Å²) >= 11 is 8.21. The Bertz CT molecular complexity index is 634. The summed E-state index contributed by atoms with van der Waals surface area (Å²) in [5.41, 5.74) is -0.0138. The van der Waals surface area contributed by atoms with Crippen LogP contribution in [0.5, 0.6) is 0 Å². The second-order valence-electron chi connectivity index (χ2n) is 4.16. The standard InChI is InChI=1S/C13H8Br2F4S/c1-6-8(5-11(14)20-6)12(15)7-2-3-10(16)9(4-7)13(17,18)19/h2-5,12H,1H3. The largest absolute Gasteiger partial charge is 0.419 e. The topological polar surface area (TPSA) is 0 Å². The minimum atomic E-state index is -4.70. The first-order valence-corrected chi connectivity index (χ1v) is 7.99. The summed E-state index contributed by atoms with van der Waals surface area (Å²) in [6, 6.07) is 4.90. The molecule has 0 saturated heterocycles. The number of rotatable bonds is 2. The Balaban J connectivity index is 2.46. The molecule has 0 spiro atoms. The van der Waals surface area contributed by atoms with Gasteiger partial charge in [-0.3, -0.25) is 0 Å². The highest BCUT2D eigenvalue weighted by molar-refractivity contribution is 9.11. The molecule has 2 rings (SSSR count). The van der Waals surface area contributed by atoms with E-state index in [1.165, 1.54) is 17.4 Å². The smallest absolute Gasteiger partial charge is 0.206 e. The third kappa shape index (κ3) is 3.26. The maximum atomic E-state index is 13.3. The van der Waals surface area contributed by atoms with Crippen molar-refractivity contribution in [2.45, 2.75) is 17.9 Å². The fourth-order valence-electron chi connectivity index (χ4n) is 1.81. The van der Waals surface area contributed by atoms with Gasteiger partial charge >= 0.3 is 6.18 Å². The summed E-state index contributed by atoms with van der Waals surface area (Å²) in [5.74, 6) is -1.26. The Morgan fingerprint density at radius 3 is 2.35 bits per heavy atom. The van der Waals surface area contributed by atoms with E-state index < -0.39 is 22.4 Å². The minimum Gasteiger partial charge on any atom is -0.206 e. The van der Waals surface area contributed by atoms with Crippen LogP contribution in [-0.4, -0.2) is 0 Å². The molecule has 0 amide bonds. The second-order valence-corrected chi connectivity index (χ2v) is 7.71. The molecule has 20 heavy (non-hydrogen) atoms. The highest BCUT2D eigenvalue weighted by Gasteiger charge is 2.34. The van der Waals surface area contributed by atoms with Crippen molar-refractivity contribution in [2.75, 3.05) is 0 Å². The van der Waals surface area contributed by atoms with Gasteiger partial charge in [0, 0.05) is 4.88 Å². The van der Waals surface area contributed by atoms with Gasteiger partial charge in [0.05, 0.1) is 14.2 Å². The Hall–Kier alpha value is -0.400. The van der Waals surface area contributed by atoms with Gasteiger partial charge in [0.15, 0.2) is 0 Å². The van der Waals surface area contributed by atoms with Crippen molar-refractivity contribution < 1.29 is 17.6 Å². The number of aryl methyl sites for hydroxylation is 1. The van der Waals surface area contributed by atoms with Crippen molar-refractivity contribution in [3.63, 3.8) is 0 Å². The summed E-state index contributed by atoms with van der Waals surface area (Å²) in [6.07, 6.45) is -4.70. The van der Waals surface area contributed by atoms with Gasteiger partial charge in [-0.05, 0) is 52.2 Å². The number of benzene rings is 1. The highest BCUT2D eigenvalue weighted by atomic mass is 79.9. The van der Waals surface area contributed by atoms with Crippen molar-refractivity contribution >= 4 is 43.2 Å². The zero-order valence-electron chi connectivity index (χ0n) is 10.1. The van der Waals surface area contributed by atoms with Crippen LogP contribution in [0.4, 0.5) is 17.6 Å². The van der Waals surface area contributed by atoms with Gasteiger partial charge in [-0.1, -0.05) is 22.0 Å². The summed E-state index contributed by atoms with van der Waals surface area (Å²) in [7, 11) is 0. The molecular weight excluding hydrogens is 424 g/mol. The molecule has 1 aromatic heterocycles. The van der Waals surface area contributed by atoms with Crippen molar-refractivity contribution in [1.29, 1.82) is 0 Å². The van der Waals surface area contributed by atoms with E-state index in [9.17, 15) is 17.6 Å². The molecule has 0 aliphatic heterocycles. The third-order valence-corrected chi connectivity index (χ3v) is 5.38. The van der Waals surface area contributed by atoms with E-state index in [0.29, 0.717) is 5.56 Å². The normalized spacial score (nSPS) is 13.6. The monoisotopic (exact) mass is 430 g/mol. The molecule has 1 aromatic carbocycles. The fraction of sp³-hybridized carbons (Fsp3) is 0.231. The average molecular weight is 432 g/mol.